The fourth-order valence-corrected chi connectivity index (χ4v) is 4.79. The van der Waals surface area contributed by atoms with Crippen LogP contribution in [0.5, 0.6) is 0 Å². The van der Waals surface area contributed by atoms with Gasteiger partial charge in [-0.2, -0.15) is 0 Å². The average Bonchev–Trinajstić information content (AvgIpc) is 2.73. The van der Waals surface area contributed by atoms with E-state index in [0.717, 1.165) is 29.3 Å². The van der Waals surface area contributed by atoms with E-state index in [-0.39, 0.29) is 0 Å². The van der Waals surface area contributed by atoms with Crippen molar-refractivity contribution >= 4 is 44.6 Å². The summed E-state index contributed by atoms with van der Waals surface area (Å²) < 4.78 is 31.5. The van der Waals surface area contributed by atoms with Crippen LogP contribution >= 0.6 is 11.6 Å². The highest BCUT2D eigenvalue weighted by Crippen LogP contribution is 2.25. The molecule has 1 unspecified atom stereocenters. The number of benzene rings is 2. The molecule has 0 saturated carbocycles. The van der Waals surface area contributed by atoms with E-state index in [2.05, 4.69) is 10.2 Å². The molecule has 1 N–H and O–H groups in total. The lowest BCUT2D eigenvalue weighted by molar-refractivity contribution is -0.117. The molecule has 7 nitrogen and oxygen atoms in total. The molecule has 0 spiro atoms. The Bertz CT molecular complexity index is 959. The summed E-state index contributed by atoms with van der Waals surface area (Å²) in [5, 5.41) is 3.33. The molecule has 30 heavy (non-hydrogen) atoms. The quantitative estimate of drug-likeness (QED) is 0.698. The molecule has 1 amide bonds. The minimum atomic E-state index is -3.69. The van der Waals surface area contributed by atoms with Crippen molar-refractivity contribution in [3.63, 3.8) is 0 Å². The van der Waals surface area contributed by atoms with Gasteiger partial charge >= 0.3 is 0 Å². The number of halogens is 1. The van der Waals surface area contributed by atoms with Crippen molar-refractivity contribution < 1.29 is 17.9 Å². The highest BCUT2D eigenvalue weighted by molar-refractivity contribution is 7.92. The molecule has 162 valence electrons. The maximum absolute atomic E-state index is 13.0. The molecule has 1 heterocycles. The van der Waals surface area contributed by atoms with Crippen LogP contribution in [0.2, 0.25) is 5.02 Å². The Morgan fingerprint density at radius 2 is 1.73 bits per heavy atom. The molecule has 9 heteroatoms. The van der Waals surface area contributed by atoms with Gasteiger partial charge in [-0.3, -0.25) is 9.10 Å². The molecular formula is C21H26ClN3O4S. The van der Waals surface area contributed by atoms with E-state index >= 15 is 0 Å². The van der Waals surface area contributed by atoms with Gasteiger partial charge in [-0.15, -0.1) is 0 Å². The number of carbonyl (C=O) groups excluding carboxylic acids is 1. The minimum absolute atomic E-state index is 0.313. The lowest BCUT2D eigenvalue weighted by Crippen LogP contribution is -2.47. The third-order valence-electron chi connectivity index (χ3n) is 4.92. The molecule has 0 bridgehead atoms. The van der Waals surface area contributed by atoms with Crippen LogP contribution in [0.1, 0.15) is 13.3 Å². The Hall–Kier alpha value is -2.29. The summed E-state index contributed by atoms with van der Waals surface area (Å²) >= 11 is 5.93. The second-order valence-corrected chi connectivity index (χ2v) is 9.39. The van der Waals surface area contributed by atoms with Gasteiger partial charge in [0.15, 0.2) is 0 Å². The maximum atomic E-state index is 13.0. The SMILES string of the molecule is CCC(C(=O)Nc1ccc(N2CCOCC2)cc1)N(c1ccc(Cl)cc1)S(C)(=O)=O. The van der Waals surface area contributed by atoms with Crippen molar-refractivity contribution in [1.82, 2.24) is 0 Å². The summed E-state index contributed by atoms with van der Waals surface area (Å²) in [6, 6.07) is 13.0. The lowest BCUT2D eigenvalue weighted by atomic mass is 10.1. The first-order chi connectivity index (χ1) is 14.3. The van der Waals surface area contributed by atoms with Gasteiger partial charge in [-0.05, 0) is 55.0 Å². The number of anilines is 3. The van der Waals surface area contributed by atoms with E-state index in [1.165, 1.54) is 0 Å². The molecule has 1 fully saturated rings. The highest BCUT2D eigenvalue weighted by atomic mass is 35.5. The molecule has 1 atom stereocenters. The van der Waals surface area contributed by atoms with Crippen molar-refractivity contribution in [3.8, 4) is 0 Å². The number of ether oxygens (including phenoxy) is 1. The van der Waals surface area contributed by atoms with Gasteiger partial charge in [-0.1, -0.05) is 18.5 Å². The summed E-state index contributed by atoms with van der Waals surface area (Å²) in [7, 11) is -3.69. The van der Waals surface area contributed by atoms with Gasteiger partial charge < -0.3 is 15.0 Å². The zero-order valence-electron chi connectivity index (χ0n) is 17.0. The summed E-state index contributed by atoms with van der Waals surface area (Å²) in [5.74, 6) is -0.392. The predicted molar refractivity (Wildman–Crippen MR) is 121 cm³/mol. The van der Waals surface area contributed by atoms with Gasteiger partial charge in [0.2, 0.25) is 15.9 Å². The Morgan fingerprint density at radius 1 is 1.13 bits per heavy atom. The first-order valence-corrected chi connectivity index (χ1v) is 12.0. The topological polar surface area (TPSA) is 79.0 Å². The summed E-state index contributed by atoms with van der Waals surface area (Å²) in [4.78, 5) is 15.2. The van der Waals surface area contributed by atoms with Crippen LogP contribution < -0.4 is 14.5 Å². The Kier molecular flexibility index (Phi) is 7.23. The molecule has 1 aliphatic rings. The predicted octanol–water partition coefficient (Wildman–Crippen LogP) is 3.36. The van der Waals surface area contributed by atoms with Gasteiger partial charge in [0.25, 0.3) is 0 Å². The number of rotatable bonds is 7. The summed E-state index contributed by atoms with van der Waals surface area (Å²) in [6.45, 7) is 4.83. The maximum Gasteiger partial charge on any atom is 0.248 e. The van der Waals surface area contributed by atoms with Gasteiger partial charge in [0.1, 0.15) is 6.04 Å². The summed E-state index contributed by atoms with van der Waals surface area (Å²) in [6.07, 6.45) is 1.40. The van der Waals surface area contributed by atoms with Crippen molar-refractivity contribution in [2.24, 2.45) is 0 Å². The van der Waals surface area contributed by atoms with E-state index in [1.807, 2.05) is 24.3 Å². The zero-order valence-corrected chi connectivity index (χ0v) is 18.6. The smallest absolute Gasteiger partial charge is 0.248 e. The second-order valence-electron chi connectivity index (χ2n) is 7.09. The van der Waals surface area contributed by atoms with Crippen molar-refractivity contribution in [3.05, 3.63) is 53.6 Å². The fourth-order valence-electron chi connectivity index (χ4n) is 3.45. The number of nitrogens with zero attached hydrogens (tertiary/aromatic N) is 2. The van der Waals surface area contributed by atoms with Crippen LogP contribution in [0.4, 0.5) is 17.1 Å². The molecule has 2 aromatic carbocycles. The largest absolute Gasteiger partial charge is 0.378 e. The van der Waals surface area contributed by atoms with E-state index < -0.39 is 22.0 Å². The Morgan fingerprint density at radius 3 is 2.27 bits per heavy atom. The van der Waals surface area contributed by atoms with Crippen LogP contribution in [0.3, 0.4) is 0 Å². The van der Waals surface area contributed by atoms with Gasteiger partial charge in [0, 0.05) is 29.5 Å². The number of nitrogens with one attached hydrogen (secondary N) is 1. The fraction of sp³-hybridized carbons (Fsp3) is 0.381. The number of sulfonamides is 1. The number of amides is 1. The van der Waals surface area contributed by atoms with Crippen molar-refractivity contribution in [1.29, 1.82) is 0 Å². The van der Waals surface area contributed by atoms with Crippen LogP contribution in [0.25, 0.3) is 0 Å². The molecular weight excluding hydrogens is 426 g/mol. The second kappa shape index (κ2) is 9.68. The Balaban J connectivity index is 1.77. The standard InChI is InChI=1S/C21H26ClN3O4S/c1-3-20(25(30(2,27)28)19-8-4-16(22)5-9-19)21(26)23-17-6-10-18(11-7-17)24-12-14-29-15-13-24/h4-11,20H,3,12-15H2,1-2H3,(H,23,26). The first-order valence-electron chi connectivity index (χ1n) is 9.78. The molecule has 1 aliphatic heterocycles. The third kappa shape index (κ3) is 5.44. The minimum Gasteiger partial charge on any atom is -0.378 e. The monoisotopic (exact) mass is 451 g/mol. The highest BCUT2D eigenvalue weighted by Gasteiger charge is 2.31. The molecule has 0 aliphatic carbocycles. The van der Waals surface area contributed by atoms with E-state index in [0.29, 0.717) is 36.0 Å². The average molecular weight is 452 g/mol. The van der Waals surface area contributed by atoms with E-state index in [4.69, 9.17) is 16.3 Å². The molecule has 3 rings (SSSR count). The Labute approximate surface area is 182 Å². The van der Waals surface area contributed by atoms with Crippen LogP contribution in [0.15, 0.2) is 48.5 Å². The number of carbonyl (C=O) groups is 1. The normalized spacial score (nSPS) is 15.5. The molecule has 1 saturated heterocycles. The number of morpholine rings is 1. The molecule has 2 aromatic rings. The van der Waals surface area contributed by atoms with E-state index in [9.17, 15) is 13.2 Å². The van der Waals surface area contributed by atoms with Crippen molar-refractivity contribution in [2.45, 2.75) is 19.4 Å². The van der Waals surface area contributed by atoms with Crippen molar-refractivity contribution in [2.75, 3.05) is 47.1 Å². The van der Waals surface area contributed by atoms with Gasteiger partial charge in [0.05, 0.1) is 25.2 Å². The first kappa shape index (κ1) is 22.4. The molecule has 0 radical (unpaired) electrons. The number of hydrogen-bond donors (Lipinski definition) is 1. The lowest BCUT2D eigenvalue weighted by Gasteiger charge is -2.30. The molecule has 0 aromatic heterocycles. The van der Waals surface area contributed by atoms with Gasteiger partial charge in [-0.25, -0.2) is 8.42 Å². The van der Waals surface area contributed by atoms with Crippen LogP contribution in [0, 0.1) is 0 Å². The van der Waals surface area contributed by atoms with E-state index in [1.54, 1.807) is 31.2 Å². The third-order valence-corrected chi connectivity index (χ3v) is 6.35. The summed E-state index contributed by atoms with van der Waals surface area (Å²) in [5.41, 5.74) is 2.06. The zero-order chi connectivity index (χ0) is 21.7. The van der Waals surface area contributed by atoms with Crippen LogP contribution in [-0.4, -0.2) is 52.9 Å². The number of hydrogen-bond acceptors (Lipinski definition) is 5. The van der Waals surface area contributed by atoms with Crippen LogP contribution in [-0.2, 0) is 19.6 Å².